The summed E-state index contributed by atoms with van der Waals surface area (Å²) in [5, 5.41) is 3.41. The standard InChI is InChI=1S/C11H15NO.ClH/c1-9-11(13-8-7-12-9)10-5-3-2-4-6-10;/h2-6,9,11-12H,7-8H2,1H3;1H. The van der Waals surface area contributed by atoms with Gasteiger partial charge in [0.15, 0.2) is 0 Å². The molecule has 0 amide bonds. The lowest BCUT2D eigenvalue weighted by Gasteiger charge is -2.30. The van der Waals surface area contributed by atoms with Crippen molar-refractivity contribution in [2.45, 2.75) is 19.1 Å². The number of morpholine rings is 1. The van der Waals surface area contributed by atoms with E-state index < -0.39 is 0 Å². The van der Waals surface area contributed by atoms with Crippen LogP contribution in [0.3, 0.4) is 0 Å². The van der Waals surface area contributed by atoms with Gasteiger partial charge in [-0.15, -0.1) is 12.4 Å². The first-order chi connectivity index (χ1) is 6.38. The lowest BCUT2D eigenvalue weighted by atomic mass is 10.0. The summed E-state index contributed by atoms with van der Waals surface area (Å²) in [6, 6.07) is 10.8. The second kappa shape index (κ2) is 5.35. The van der Waals surface area contributed by atoms with Crippen LogP contribution in [0.15, 0.2) is 30.3 Å². The topological polar surface area (TPSA) is 21.3 Å². The van der Waals surface area contributed by atoms with E-state index in [9.17, 15) is 0 Å². The van der Waals surface area contributed by atoms with Crippen molar-refractivity contribution in [2.24, 2.45) is 0 Å². The van der Waals surface area contributed by atoms with Crippen LogP contribution in [0.2, 0.25) is 0 Å². The Morgan fingerprint density at radius 3 is 2.64 bits per heavy atom. The third kappa shape index (κ3) is 2.47. The Bertz CT molecular complexity index is 265. The highest BCUT2D eigenvalue weighted by atomic mass is 35.5. The Labute approximate surface area is 91.1 Å². The molecule has 0 bridgehead atoms. The van der Waals surface area contributed by atoms with Gasteiger partial charge in [-0.2, -0.15) is 0 Å². The monoisotopic (exact) mass is 213 g/mol. The fourth-order valence-corrected chi connectivity index (χ4v) is 1.75. The average Bonchev–Trinajstić information content (AvgIpc) is 2.20. The Hall–Kier alpha value is -0.570. The van der Waals surface area contributed by atoms with E-state index in [2.05, 4.69) is 36.5 Å². The molecule has 3 heteroatoms. The normalized spacial score (nSPS) is 26.6. The molecule has 1 aromatic carbocycles. The molecule has 1 aliphatic heterocycles. The third-order valence-electron chi connectivity index (χ3n) is 2.45. The summed E-state index contributed by atoms with van der Waals surface area (Å²) in [5.74, 6) is 0. The van der Waals surface area contributed by atoms with Crippen LogP contribution in [0.4, 0.5) is 0 Å². The van der Waals surface area contributed by atoms with E-state index in [1.165, 1.54) is 5.56 Å². The van der Waals surface area contributed by atoms with Gasteiger partial charge in [0, 0.05) is 12.6 Å². The molecule has 2 rings (SSSR count). The largest absolute Gasteiger partial charge is 0.371 e. The van der Waals surface area contributed by atoms with Crippen LogP contribution in [-0.4, -0.2) is 19.2 Å². The minimum absolute atomic E-state index is 0. The molecule has 2 atom stereocenters. The maximum absolute atomic E-state index is 5.71. The fraction of sp³-hybridized carbons (Fsp3) is 0.455. The highest BCUT2D eigenvalue weighted by Gasteiger charge is 2.22. The smallest absolute Gasteiger partial charge is 0.0975 e. The van der Waals surface area contributed by atoms with Crippen molar-refractivity contribution in [3.8, 4) is 0 Å². The van der Waals surface area contributed by atoms with E-state index in [1.54, 1.807) is 0 Å². The van der Waals surface area contributed by atoms with Gasteiger partial charge in [-0.25, -0.2) is 0 Å². The molecular formula is C11H16ClNO. The van der Waals surface area contributed by atoms with Gasteiger partial charge in [-0.05, 0) is 12.5 Å². The molecule has 1 heterocycles. The zero-order valence-electron chi connectivity index (χ0n) is 8.27. The van der Waals surface area contributed by atoms with Crippen LogP contribution in [-0.2, 0) is 4.74 Å². The molecule has 0 radical (unpaired) electrons. The maximum Gasteiger partial charge on any atom is 0.0975 e. The van der Waals surface area contributed by atoms with Gasteiger partial charge in [0.25, 0.3) is 0 Å². The maximum atomic E-state index is 5.71. The molecular weight excluding hydrogens is 198 g/mol. The molecule has 2 nitrogen and oxygen atoms in total. The van der Waals surface area contributed by atoms with Crippen molar-refractivity contribution in [1.82, 2.24) is 5.32 Å². The molecule has 0 aromatic heterocycles. The molecule has 0 spiro atoms. The van der Waals surface area contributed by atoms with Crippen LogP contribution < -0.4 is 5.32 Å². The van der Waals surface area contributed by atoms with E-state index in [-0.39, 0.29) is 18.5 Å². The number of nitrogens with one attached hydrogen (secondary N) is 1. The molecule has 1 aromatic rings. The lowest BCUT2D eigenvalue weighted by molar-refractivity contribution is -0.000221. The summed E-state index contributed by atoms with van der Waals surface area (Å²) in [6.07, 6.45) is 0.218. The fourth-order valence-electron chi connectivity index (χ4n) is 1.75. The lowest BCUT2D eigenvalue weighted by Crippen LogP contribution is -2.41. The highest BCUT2D eigenvalue weighted by molar-refractivity contribution is 5.85. The van der Waals surface area contributed by atoms with Crippen molar-refractivity contribution in [1.29, 1.82) is 0 Å². The summed E-state index contributed by atoms with van der Waals surface area (Å²) in [6.45, 7) is 3.94. The zero-order valence-corrected chi connectivity index (χ0v) is 9.09. The molecule has 2 unspecified atom stereocenters. The van der Waals surface area contributed by atoms with Gasteiger partial charge in [-0.3, -0.25) is 0 Å². The van der Waals surface area contributed by atoms with Gasteiger partial charge in [0.1, 0.15) is 0 Å². The summed E-state index contributed by atoms with van der Waals surface area (Å²) in [7, 11) is 0. The molecule has 1 fully saturated rings. The van der Waals surface area contributed by atoms with E-state index in [0.29, 0.717) is 6.04 Å². The van der Waals surface area contributed by atoms with Gasteiger partial charge in [0.2, 0.25) is 0 Å². The predicted octanol–water partition coefficient (Wildman–Crippen LogP) is 2.16. The van der Waals surface area contributed by atoms with Crippen molar-refractivity contribution in [3.63, 3.8) is 0 Å². The van der Waals surface area contributed by atoms with E-state index in [1.807, 2.05) is 6.07 Å². The van der Waals surface area contributed by atoms with Crippen molar-refractivity contribution in [2.75, 3.05) is 13.2 Å². The zero-order chi connectivity index (χ0) is 9.10. The van der Waals surface area contributed by atoms with E-state index in [4.69, 9.17) is 4.74 Å². The Kier molecular flexibility index (Phi) is 4.39. The Morgan fingerprint density at radius 2 is 2.00 bits per heavy atom. The molecule has 0 saturated carbocycles. The third-order valence-corrected chi connectivity index (χ3v) is 2.45. The first-order valence-corrected chi connectivity index (χ1v) is 4.78. The SMILES string of the molecule is CC1NCCOC1c1ccccc1.Cl. The van der Waals surface area contributed by atoms with Crippen LogP contribution >= 0.6 is 12.4 Å². The van der Waals surface area contributed by atoms with Gasteiger partial charge in [0.05, 0.1) is 12.7 Å². The van der Waals surface area contributed by atoms with Crippen molar-refractivity contribution in [3.05, 3.63) is 35.9 Å². The van der Waals surface area contributed by atoms with Crippen LogP contribution in [0.1, 0.15) is 18.6 Å². The second-order valence-electron chi connectivity index (χ2n) is 3.44. The molecule has 14 heavy (non-hydrogen) atoms. The summed E-state index contributed by atoms with van der Waals surface area (Å²) in [4.78, 5) is 0. The van der Waals surface area contributed by atoms with Crippen LogP contribution in [0.25, 0.3) is 0 Å². The predicted molar refractivity (Wildman–Crippen MR) is 59.8 cm³/mol. The number of halogens is 1. The van der Waals surface area contributed by atoms with Crippen LogP contribution in [0.5, 0.6) is 0 Å². The average molecular weight is 214 g/mol. The van der Waals surface area contributed by atoms with Gasteiger partial charge in [-0.1, -0.05) is 30.3 Å². The highest BCUT2D eigenvalue weighted by Crippen LogP contribution is 2.22. The molecule has 1 aliphatic rings. The van der Waals surface area contributed by atoms with Crippen molar-refractivity contribution >= 4 is 12.4 Å². The minimum Gasteiger partial charge on any atom is -0.371 e. The number of hydrogen-bond acceptors (Lipinski definition) is 2. The van der Waals surface area contributed by atoms with E-state index >= 15 is 0 Å². The Morgan fingerprint density at radius 1 is 1.29 bits per heavy atom. The quantitative estimate of drug-likeness (QED) is 0.772. The molecule has 78 valence electrons. The molecule has 1 N–H and O–H groups in total. The minimum atomic E-state index is 0. The molecule has 0 aliphatic carbocycles. The summed E-state index contributed by atoms with van der Waals surface area (Å²) >= 11 is 0. The first kappa shape index (κ1) is 11.5. The Balaban J connectivity index is 0.000000980. The van der Waals surface area contributed by atoms with Crippen molar-refractivity contribution < 1.29 is 4.74 Å². The number of ether oxygens (including phenoxy) is 1. The number of benzene rings is 1. The first-order valence-electron chi connectivity index (χ1n) is 4.78. The number of rotatable bonds is 1. The molecule has 1 saturated heterocycles. The van der Waals surface area contributed by atoms with Gasteiger partial charge < -0.3 is 10.1 Å². The van der Waals surface area contributed by atoms with E-state index in [0.717, 1.165) is 13.2 Å². The summed E-state index contributed by atoms with van der Waals surface area (Å²) in [5.41, 5.74) is 1.27. The van der Waals surface area contributed by atoms with Gasteiger partial charge >= 0.3 is 0 Å². The second-order valence-corrected chi connectivity index (χ2v) is 3.44. The van der Waals surface area contributed by atoms with Crippen LogP contribution in [0, 0.1) is 0 Å². The summed E-state index contributed by atoms with van der Waals surface area (Å²) < 4.78 is 5.71. The number of hydrogen-bond donors (Lipinski definition) is 1.